The Hall–Kier alpha value is -0.520. The number of methoxy groups -OCH3 is 1. The summed E-state index contributed by atoms with van der Waals surface area (Å²) in [5, 5.41) is 2.83. The van der Waals surface area contributed by atoms with Gasteiger partial charge in [-0.15, -0.1) is 11.6 Å². The smallest absolute Gasteiger partial charge is 0.317 e. The number of urea groups is 1. The molecule has 0 unspecified atom stereocenters. The average Bonchev–Trinajstić information content (AvgIpc) is 2.53. The first-order chi connectivity index (χ1) is 9.74. The number of likely N-dealkylation sites (tertiary alicyclic amines) is 2. The highest BCUT2D eigenvalue weighted by atomic mass is 35.5. The zero-order valence-corrected chi connectivity index (χ0v) is 13.1. The number of carbonyl (C=O) groups is 1. The van der Waals surface area contributed by atoms with Gasteiger partial charge in [-0.3, -0.25) is 0 Å². The third-order valence-electron chi connectivity index (χ3n) is 4.45. The highest BCUT2D eigenvalue weighted by molar-refractivity contribution is 6.18. The zero-order valence-electron chi connectivity index (χ0n) is 12.3. The summed E-state index contributed by atoms with van der Waals surface area (Å²) in [6, 6.07) is 0.659. The van der Waals surface area contributed by atoms with E-state index in [4.69, 9.17) is 16.3 Å². The van der Waals surface area contributed by atoms with Crippen LogP contribution in [-0.2, 0) is 4.74 Å². The van der Waals surface area contributed by atoms with Gasteiger partial charge in [0, 0.05) is 51.8 Å². The summed E-state index contributed by atoms with van der Waals surface area (Å²) >= 11 is 5.58. The largest absolute Gasteiger partial charge is 0.381 e. The van der Waals surface area contributed by atoms with Crippen LogP contribution in [0.1, 0.15) is 25.7 Å². The first-order valence-corrected chi connectivity index (χ1v) is 8.13. The molecule has 2 fully saturated rings. The quantitative estimate of drug-likeness (QED) is 0.801. The molecule has 5 nitrogen and oxygen atoms in total. The molecule has 0 aromatic carbocycles. The SMILES string of the molecule is COC1CCN(C2CCN(C(=O)NCCCl)CC2)CC1. The van der Waals surface area contributed by atoms with Gasteiger partial charge in [0.25, 0.3) is 0 Å². The van der Waals surface area contributed by atoms with Crippen LogP contribution in [0.4, 0.5) is 4.79 Å². The molecular formula is C14H26ClN3O2. The van der Waals surface area contributed by atoms with Crippen molar-refractivity contribution in [3.8, 4) is 0 Å². The standard InChI is InChI=1S/C14H26ClN3O2/c1-20-13-4-10-17(11-5-13)12-2-8-18(9-3-12)14(19)16-7-6-15/h12-13H,2-11H2,1H3,(H,16,19). The number of nitrogens with one attached hydrogen (secondary N) is 1. The van der Waals surface area contributed by atoms with Gasteiger partial charge in [-0.05, 0) is 25.7 Å². The van der Waals surface area contributed by atoms with Crippen molar-refractivity contribution in [3.05, 3.63) is 0 Å². The fourth-order valence-corrected chi connectivity index (χ4v) is 3.27. The number of piperidine rings is 2. The maximum atomic E-state index is 11.8. The van der Waals surface area contributed by atoms with E-state index in [1.165, 1.54) is 0 Å². The monoisotopic (exact) mass is 303 g/mol. The fraction of sp³-hybridized carbons (Fsp3) is 0.929. The van der Waals surface area contributed by atoms with Crippen LogP contribution in [0.5, 0.6) is 0 Å². The Morgan fingerprint density at radius 1 is 1.20 bits per heavy atom. The highest BCUT2D eigenvalue weighted by Crippen LogP contribution is 2.22. The van der Waals surface area contributed by atoms with Gasteiger partial charge >= 0.3 is 6.03 Å². The molecule has 0 aromatic rings. The molecule has 2 aliphatic rings. The Balaban J connectivity index is 1.70. The molecule has 6 heteroatoms. The van der Waals surface area contributed by atoms with Gasteiger partial charge in [0.2, 0.25) is 0 Å². The number of ether oxygens (including phenoxy) is 1. The van der Waals surface area contributed by atoms with Gasteiger partial charge in [-0.25, -0.2) is 4.79 Å². The molecular weight excluding hydrogens is 278 g/mol. The van der Waals surface area contributed by atoms with Crippen molar-refractivity contribution in [2.75, 3.05) is 45.7 Å². The molecule has 116 valence electrons. The maximum absolute atomic E-state index is 11.8. The van der Waals surface area contributed by atoms with Crippen molar-refractivity contribution in [2.45, 2.75) is 37.8 Å². The van der Waals surface area contributed by atoms with Gasteiger partial charge in [0.05, 0.1) is 6.10 Å². The van der Waals surface area contributed by atoms with Gasteiger partial charge in [0.1, 0.15) is 0 Å². The van der Waals surface area contributed by atoms with E-state index in [1.54, 1.807) is 7.11 Å². The predicted molar refractivity (Wildman–Crippen MR) is 80.3 cm³/mol. The minimum Gasteiger partial charge on any atom is -0.381 e. The number of halogens is 1. The van der Waals surface area contributed by atoms with Crippen molar-refractivity contribution in [2.24, 2.45) is 0 Å². The van der Waals surface area contributed by atoms with Crippen LogP contribution in [0.3, 0.4) is 0 Å². The third-order valence-corrected chi connectivity index (χ3v) is 4.64. The Morgan fingerprint density at radius 3 is 2.40 bits per heavy atom. The Morgan fingerprint density at radius 2 is 1.85 bits per heavy atom. The van der Waals surface area contributed by atoms with Crippen LogP contribution in [0.25, 0.3) is 0 Å². The molecule has 2 amide bonds. The Bertz CT molecular complexity index is 301. The summed E-state index contributed by atoms with van der Waals surface area (Å²) in [5.74, 6) is 0.469. The third kappa shape index (κ3) is 4.24. The second-order valence-corrected chi connectivity index (χ2v) is 5.99. The number of hydrogen-bond donors (Lipinski definition) is 1. The van der Waals surface area contributed by atoms with Crippen LogP contribution in [0.15, 0.2) is 0 Å². The predicted octanol–water partition coefficient (Wildman–Crippen LogP) is 1.51. The van der Waals surface area contributed by atoms with E-state index >= 15 is 0 Å². The molecule has 0 atom stereocenters. The zero-order chi connectivity index (χ0) is 14.4. The van der Waals surface area contributed by atoms with Gasteiger partial charge in [-0.1, -0.05) is 0 Å². The van der Waals surface area contributed by atoms with Crippen LogP contribution in [0, 0.1) is 0 Å². The molecule has 2 rings (SSSR count). The molecule has 2 heterocycles. The lowest BCUT2D eigenvalue weighted by molar-refractivity contribution is 0.0170. The maximum Gasteiger partial charge on any atom is 0.317 e. The molecule has 20 heavy (non-hydrogen) atoms. The number of amides is 2. The van der Waals surface area contributed by atoms with Crippen LogP contribution in [-0.4, -0.2) is 73.7 Å². The van der Waals surface area contributed by atoms with Crippen molar-refractivity contribution in [3.63, 3.8) is 0 Å². The first kappa shape index (κ1) is 15.9. The second-order valence-electron chi connectivity index (χ2n) is 5.61. The first-order valence-electron chi connectivity index (χ1n) is 7.60. The summed E-state index contributed by atoms with van der Waals surface area (Å²) < 4.78 is 5.41. The van der Waals surface area contributed by atoms with Crippen molar-refractivity contribution in [1.29, 1.82) is 0 Å². The summed E-state index contributed by atoms with van der Waals surface area (Å²) in [4.78, 5) is 16.3. The van der Waals surface area contributed by atoms with Crippen LogP contribution in [0.2, 0.25) is 0 Å². The van der Waals surface area contributed by atoms with Crippen LogP contribution < -0.4 is 5.32 Å². The Kier molecular flexibility index (Phi) is 6.39. The molecule has 0 aliphatic carbocycles. The molecule has 1 N–H and O–H groups in total. The van der Waals surface area contributed by atoms with E-state index in [-0.39, 0.29) is 6.03 Å². The molecule has 0 spiro atoms. The normalized spacial score (nSPS) is 23.0. The number of carbonyl (C=O) groups excluding carboxylic acids is 1. The minimum atomic E-state index is 0.0298. The topological polar surface area (TPSA) is 44.8 Å². The van der Waals surface area contributed by atoms with Crippen LogP contribution >= 0.6 is 11.6 Å². The van der Waals surface area contributed by atoms with Crippen molar-refractivity contribution >= 4 is 17.6 Å². The molecule has 2 aliphatic heterocycles. The molecule has 0 aromatic heterocycles. The average molecular weight is 304 g/mol. The van der Waals surface area contributed by atoms with Gasteiger partial charge in [-0.2, -0.15) is 0 Å². The molecule has 0 saturated carbocycles. The van der Waals surface area contributed by atoms with Crippen molar-refractivity contribution < 1.29 is 9.53 Å². The number of hydrogen-bond acceptors (Lipinski definition) is 3. The molecule has 0 radical (unpaired) electrons. The summed E-state index contributed by atoms with van der Waals surface area (Å²) in [5.41, 5.74) is 0. The van der Waals surface area contributed by atoms with Gasteiger partial charge < -0.3 is 19.9 Å². The van der Waals surface area contributed by atoms with Gasteiger partial charge in [0.15, 0.2) is 0 Å². The Labute approximate surface area is 126 Å². The van der Waals surface area contributed by atoms with E-state index in [1.807, 2.05) is 4.90 Å². The lowest BCUT2D eigenvalue weighted by Crippen LogP contribution is -2.51. The van der Waals surface area contributed by atoms with E-state index in [2.05, 4.69) is 10.2 Å². The van der Waals surface area contributed by atoms with E-state index in [0.717, 1.165) is 51.9 Å². The summed E-state index contributed by atoms with van der Waals surface area (Å²) in [6.07, 6.45) is 4.85. The number of nitrogens with zero attached hydrogens (tertiary/aromatic N) is 2. The summed E-state index contributed by atoms with van der Waals surface area (Å²) in [7, 11) is 1.80. The lowest BCUT2D eigenvalue weighted by atomic mass is 9.99. The fourth-order valence-electron chi connectivity index (χ4n) is 3.18. The van der Waals surface area contributed by atoms with E-state index in [0.29, 0.717) is 24.6 Å². The highest BCUT2D eigenvalue weighted by Gasteiger charge is 2.29. The van der Waals surface area contributed by atoms with E-state index < -0.39 is 0 Å². The summed E-state index contributed by atoms with van der Waals surface area (Å²) in [6.45, 7) is 4.50. The minimum absolute atomic E-state index is 0.0298. The number of rotatable bonds is 4. The number of alkyl halides is 1. The van der Waals surface area contributed by atoms with E-state index in [9.17, 15) is 4.79 Å². The second kappa shape index (κ2) is 8.05. The van der Waals surface area contributed by atoms with Crippen molar-refractivity contribution in [1.82, 2.24) is 15.1 Å². The molecule has 2 saturated heterocycles. The molecule has 0 bridgehead atoms. The lowest BCUT2D eigenvalue weighted by Gasteiger charge is -2.41.